The number of halogens is 1. The van der Waals surface area contributed by atoms with Crippen LogP contribution in [0.5, 0.6) is 0 Å². The lowest BCUT2D eigenvalue weighted by atomic mass is 9.67. The number of rotatable bonds is 3. The molecule has 2 atom stereocenters. The average Bonchev–Trinajstić information content (AvgIpc) is 2.78. The van der Waals surface area contributed by atoms with Crippen LogP contribution in [-0.4, -0.2) is 25.5 Å². The molecule has 0 aromatic rings. The first-order valence-electron chi connectivity index (χ1n) is 7.64. The van der Waals surface area contributed by atoms with Crippen LogP contribution in [0.4, 0.5) is 0 Å². The first kappa shape index (κ1) is 15.1. The minimum Gasteiger partial charge on any atom is -0.355 e. The molecular formula is C15H27ClN2O. The Hall–Kier alpha value is -0.280. The van der Waals surface area contributed by atoms with Gasteiger partial charge in [0.2, 0.25) is 5.91 Å². The van der Waals surface area contributed by atoms with E-state index >= 15 is 0 Å². The van der Waals surface area contributed by atoms with E-state index in [0.29, 0.717) is 17.2 Å². The lowest BCUT2D eigenvalue weighted by molar-refractivity contribution is -0.134. The highest BCUT2D eigenvalue weighted by molar-refractivity contribution is 5.85. The third kappa shape index (κ3) is 2.64. The van der Waals surface area contributed by atoms with Crippen LogP contribution in [0, 0.1) is 16.7 Å². The molecule has 1 saturated heterocycles. The van der Waals surface area contributed by atoms with Crippen LogP contribution in [0.25, 0.3) is 0 Å². The molecule has 1 heterocycles. The Balaban J connectivity index is 0.00000133. The molecule has 0 aromatic carbocycles. The molecule has 1 aliphatic heterocycles. The molecule has 3 aliphatic rings. The van der Waals surface area contributed by atoms with Gasteiger partial charge in [-0.2, -0.15) is 0 Å². The lowest BCUT2D eigenvalue weighted by Gasteiger charge is -2.41. The zero-order chi connectivity index (χ0) is 12.6. The van der Waals surface area contributed by atoms with Crippen molar-refractivity contribution in [1.82, 2.24) is 10.6 Å². The summed E-state index contributed by atoms with van der Waals surface area (Å²) in [5, 5.41) is 6.73. The van der Waals surface area contributed by atoms with E-state index in [-0.39, 0.29) is 17.8 Å². The van der Waals surface area contributed by atoms with E-state index < -0.39 is 0 Å². The molecule has 2 aliphatic carbocycles. The summed E-state index contributed by atoms with van der Waals surface area (Å²) in [6.45, 7) is 5.14. The predicted octanol–water partition coefficient (Wildman–Crippen LogP) is 2.49. The van der Waals surface area contributed by atoms with Gasteiger partial charge in [-0.1, -0.05) is 26.2 Å². The molecule has 3 nitrogen and oxygen atoms in total. The van der Waals surface area contributed by atoms with Crippen molar-refractivity contribution >= 4 is 18.3 Å². The van der Waals surface area contributed by atoms with E-state index in [1.54, 1.807) is 0 Å². The van der Waals surface area contributed by atoms with Crippen molar-refractivity contribution in [3.8, 4) is 0 Å². The van der Waals surface area contributed by atoms with Crippen molar-refractivity contribution in [1.29, 1.82) is 0 Å². The van der Waals surface area contributed by atoms with Crippen molar-refractivity contribution in [2.45, 2.75) is 51.9 Å². The molecule has 0 radical (unpaired) electrons. The van der Waals surface area contributed by atoms with Crippen molar-refractivity contribution in [2.24, 2.45) is 16.7 Å². The molecule has 0 bridgehead atoms. The second-order valence-corrected chi connectivity index (χ2v) is 7.08. The molecule has 0 aromatic heterocycles. The van der Waals surface area contributed by atoms with Gasteiger partial charge in [-0.3, -0.25) is 4.79 Å². The molecule has 19 heavy (non-hydrogen) atoms. The summed E-state index contributed by atoms with van der Waals surface area (Å²) in [6, 6.07) is 0. The summed E-state index contributed by atoms with van der Waals surface area (Å²) in [5.41, 5.74) is 0.320. The van der Waals surface area contributed by atoms with Gasteiger partial charge in [-0.25, -0.2) is 0 Å². The fraction of sp³-hybridized carbons (Fsp3) is 0.933. The van der Waals surface area contributed by atoms with Gasteiger partial charge in [0.1, 0.15) is 0 Å². The number of fused-ring (bicyclic) bond motifs is 1. The predicted molar refractivity (Wildman–Crippen MR) is 79.5 cm³/mol. The molecule has 2 N–H and O–H groups in total. The van der Waals surface area contributed by atoms with Crippen LogP contribution in [0.2, 0.25) is 0 Å². The minimum absolute atomic E-state index is 0. The quantitative estimate of drug-likeness (QED) is 0.837. The maximum absolute atomic E-state index is 12.6. The summed E-state index contributed by atoms with van der Waals surface area (Å²) in [7, 11) is 0. The number of carbonyl (C=O) groups is 1. The van der Waals surface area contributed by atoms with Crippen molar-refractivity contribution in [3.05, 3.63) is 0 Å². The summed E-state index contributed by atoms with van der Waals surface area (Å²) in [5.74, 6) is 0.922. The largest absolute Gasteiger partial charge is 0.355 e. The highest BCUT2D eigenvalue weighted by atomic mass is 35.5. The first-order valence-corrected chi connectivity index (χ1v) is 7.64. The molecule has 0 unspecified atom stereocenters. The van der Waals surface area contributed by atoms with Gasteiger partial charge in [-0.05, 0) is 43.6 Å². The fourth-order valence-corrected chi connectivity index (χ4v) is 4.12. The van der Waals surface area contributed by atoms with E-state index in [1.807, 2.05) is 0 Å². The molecule has 2 saturated carbocycles. The number of carbonyl (C=O) groups excluding carboxylic acids is 1. The first-order chi connectivity index (χ1) is 8.65. The molecular weight excluding hydrogens is 260 g/mol. The van der Waals surface area contributed by atoms with Gasteiger partial charge in [0.15, 0.2) is 0 Å². The average molecular weight is 287 g/mol. The Bertz CT molecular complexity index is 343. The zero-order valence-electron chi connectivity index (χ0n) is 12.0. The Kier molecular flexibility index (Phi) is 4.46. The lowest BCUT2D eigenvalue weighted by Crippen LogP contribution is -2.51. The van der Waals surface area contributed by atoms with E-state index in [1.165, 1.54) is 38.5 Å². The van der Waals surface area contributed by atoms with E-state index in [2.05, 4.69) is 17.6 Å². The molecule has 3 fully saturated rings. The SMILES string of the molecule is CC1(CNC(=O)[C@@]23CCCC[C@H]2CNC3)CCC1.Cl. The van der Waals surface area contributed by atoms with E-state index in [9.17, 15) is 4.79 Å². The molecule has 0 spiro atoms. The van der Waals surface area contributed by atoms with Crippen LogP contribution in [0.3, 0.4) is 0 Å². The summed E-state index contributed by atoms with van der Waals surface area (Å²) in [4.78, 5) is 12.6. The summed E-state index contributed by atoms with van der Waals surface area (Å²) >= 11 is 0. The highest BCUT2D eigenvalue weighted by Gasteiger charge is 2.50. The van der Waals surface area contributed by atoms with Crippen molar-refractivity contribution < 1.29 is 4.79 Å². The van der Waals surface area contributed by atoms with Gasteiger partial charge >= 0.3 is 0 Å². The van der Waals surface area contributed by atoms with Crippen LogP contribution >= 0.6 is 12.4 Å². The number of amides is 1. The Morgan fingerprint density at radius 3 is 2.74 bits per heavy atom. The molecule has 1 amide bonds. The molecule has 3 rings (SSSR count). The number of hydrogen-bond donors (Lipinski definition) is 2. The van der Waals surface area contributed by atoms with Crippen molar-refractivity contribution in [3.63, 3.8) is 0 Å². The smallest absolute Gasteiger partial charge is 0.227 e. The summed E-state index contributed by atoms with van der Waals surface area (Å²) in [6.07, 6.45) is 8.75. The van der Waals surface area contributed by atoms with Crippen LogP contribution < -0.4 is 10.6 Å². The minimum atomic E-state index is -0.0711. The Morgan fingerprint density at radius 2 is 2.05 bits per heavy atom. The fourth-order valence-electron chi connectivity index (χ4n) is 4.12. The normalized spacial score (nSPS) is 35.7. The van der Waals surface area contributed by atoms with Gasteiger partial charge < -0.3 is 10.6 Å². The zero-order valence-corrected chi connectivity index (χ0v) is 12.8. The van der Waals surface area contributed by atoms with E-state index in [4.69, 9.17) is 0 Å². The molecule has 110 valence electrons. The third-order valence-corrected chi connectivity index (χ3v) is 5.73. The maximum atomic E-state index is 12.6. The Labute approximate surface area is 122 Å². The number of hydrogen-bond acceptors (Lipinski definition) is 2. The van der Waals surface area contributed by atoms with Gasteiger partial charge in [-0.15, -0.1) is 12.4 Å². The standard InChI is InChI=1S/C15H26N2O.ClH/c1-14(6-4-7-14)10-17-13(18)15-8-3-2-5-12(15)9-16-11-15;/h12,16H,2-11H2,1H3,(H,17,18);1H/t12-,15+;/m0./s1. The van der Waals surface area contributed by atoms with Crippen molar-refractivity contribution in [2.75, 3.05) is 19.6 Å². The second-order valence-electron chi connectivity index (χ2n) is 7.08. The van der Waals surface area contributed by atoms with Gasteiger partial charge in [0, 0.05) is 13.1 Å². The van der Waals surface area contributed by atoms with Crippen LogP contribution in [0.15, 0.2) is 0 Å². The van der Waals surface area contributed by atoms with Crippen LogP contribution in [-0.2, 0) is 4.79 Å². The summed E-state index contributed by atoms with van der Waals surface area (Å²) < 4.78 is 0. The van der Waals surface area contributed by atoms with E-state index in [0.717, 1.165) is 26.1 Å². The number of nitrogens with one attached hydrogen (secondary N) is 2. The van der Waals surface area contributed by atoms with Crippen LogP contribution in [0.1, 0.15) is 51.9 Å². The second kappa shape index (κ2) is 5.61. The topological polar surface area (TPSA) is 41.1 Å². The maximum Gasteiger partial charge on any atom is 0.227 e. The third-order valence-electron chi connectivity index (χ3n) is 5.73. The Morgan fingerprint density at radius 1 is 1.26 bits per heavy atom. The molecule has 4 heteroatoms. The monoisotopic (exact) mass is 286 g/mol. The van der Waals surface area contributed by atoms with Gasteiger partial charge in [0.05, 0.1) is 5.41 Å². The highest BCUT2D eigenvalue weighted by Crippen LogP contribution is 2.44. The van der Waals surface area contributed by atoms with Gasteiger partial charge in [0.25, 0.3) is 0 Å².